The van der Waals surface area contributed by atoms with Crippen molar-refractivity contribution in [1.29, 1.82) is 0 Å². The lowest BCUT2D eigenvalue weighted by Crippen LogP contribution is -2.38. The SMILES string of the molecule is C[C@H](NC(=O)CSc1nnc(N2CCOCC2)n1Cc1ccccc1)c1ccc2c(c1)OCCO2. The molecule has 9 nitrogen and oxygen atoms in total. The zero-order valence-corrected chi connectivity index (χ0v) is 20.5. The first-order chi connectivity index (χ1) is 17.2. The molecule has 1 fully saturated rings. The third-order valence-corrected chi connectivity index (χ3v) is 6.92. The molecule has 1 aromatic heterocycles. The number of hydrogen-bond donors (Lipinski definition) is 1. The predicted molar refractivity (Wildman–Crippen MR) is 133 cm³/mol. The molecule has 0 saturated carbocycles. The molecule has 0 unspecified atom stereocenters. The number of hydrogen-bond acceptors (Lipinski definition) is 8. The number of fused-ring (bicyclic) bond motifs is 1. The number of thioether (sulfide) groups is 1. The number of amides is 1. The van der Waals surface area contributed by atoms with E-state index >= 15 is 0 Å². The minimum atomic E-state index is -0.162. The Labute approximate surface area is 208 Å². The van der Waals surface area contributed by atoms with Crippen molar-refractivity contribution in [1.82, 2.24) is 20.1 Å². The van der Waals surface area contributed by atoms with Crippen LogP contribution in [-0.2, 0) is 16.1 Å². The molecule has 0 radical (unpaired) electrons. The predicted octanol–water partition coefficient (Wildman–Crippen LogP) is 2.90. The van der Waals surface area contributed by atoms with E-state index in [1.165, 1.54) is 11.8 Å². The fourth-order valence-electron chi connectivity index (χ4n) is 4.12. The molecule has 184 valence electrons. The first-order valence-electron chi connectivity index (χ1n) is 11.8. The van der Waals surface area contributed by atoms with E-state index < -0.39 is 0 Å². The number of benzene rings is 2. The van der Waals surface area contributed by atoms with E-state index in [-0.39, 0.29) is 17.7 Å². The van der Waals surface area contributed by atoms with Crippen LogP contribution in [0.4, 0.5) is 5.95 Å². The summed E-state index contributed by atoms with van der Waals surface area (Å²) < 4.78 is 18.8. The average molecular weight is 496 g/mol. The first-order valence-corrected chi connectivity index (χ1v) is 12.8. The fraction of sp³-hybridized carbons (Fsp3) is 0.400. The number of morpholine rings is 1. The van der Waals surface area contributed by atoms with Crippen molar-refractivity contribution in [2.24, 2.45) is 0 Å². The average Bonchev–Trinajstić information content (AvgIpc) is 3.30. The molecule has 1 saturated heterocycles. The summed E-state index contributed by atoms with van der Waals surface area (Å²) >= 11 is 1.39. The number of carbonyl (C=O) groups is 1. The quantitative estimate of drug-likeness (QED) is 0.477. The van der Waals surface area contributed by atoms with Crippen LogP contribution in [0.1, 0.15) is 24.1 Å². The van der Waals surface area contributed by atoms with Crippen molar-refractivity contribution in [3.8, 4) is 11.5 Å². The van der Waals surface area contributed by atoms with Gasteiger partial charge in [-0.2, -0.15) is 0 Å². The molecule has 10 heteroatoms. The van der Waals surface area contributed by atoms with Gasteiger partial charge in [-0.3, -0.25) is 9.36 Å². The molecule has 2 aromatic carbocycles. The van der Waals surface area contributed by atoms with Crippen LogP contribution in [0.3, 0.4) is 0 Å². The molecular weight excluding hydrogens is 466 g/mol. The van der Waals surface area contributed by atoms with Crippen LogP contribution < -0.4 is 19.7 Å². The molecule has 0 aliphatic carbocycles. The third kappa shape index (κ3) is 5.71. The molecule has 35 heavy (non-hydrogen) atoms. The zero-order chi connectivity index (χ0) is 24.0. The summed E-state index contributed by atoms with van der Waals surface area (Å²) in [5.41, 5.74) is 2.12. The lowest BCUT2D eigenvalue weighted by atomic mass is 10.1. The monoisotopic (exact) mass is 495 g/mol. The van der Waals surface area contributed by atoms with Gasteiger partial charge in [0.25, 0.3) is 0 Å². The van der Waals surface area contributed by atoms with Crippen molar-refractivity contribution in [3.63, 3.8) is 0 Å². The van der Waals surface area contributed by atoms with E-state index in [2.05, 4.69) is 37.1 Å². The minimum Gasteiger partial charge on any atom is -0.486 e. The Morgan fingerprint density at radius 3 is 2.60 bits per heavy atom. The van der Waals surface area contributed by atoms with Gasteiger partial charge in [0.2, 0.25) is 11.9 Å². The molecule has 1 N–H and O–H groups in total. The van der Waals surface area contributed by atoms with Gasteiger partial charge in [-0.15, -0.1) is 10.2 Å². The second-order valence-electron chi connectivity index (χ2n) is 8.43. The summed E-state index contributed by atoms with van der Waals surface area (Å²) in [6.45, 7) is 6.56. The highest BCUT2D eigenvalue weighted by molar-refractivity contribution is 7.99. The van der Waals surface area contributed by atoms with Gasteiger partial charge in [0.05, 0.1) is 31.6 Å². The largest absolute Gasteiger partial charge is 0.486 e. The maximum Gasteiger partial charge on any atom is 0.230 e. The van der Waals surface area contributed by atoms with Gasteiger partial charge in [-0.1, -0.05) is 48.2 Å². The topological polar surface area (TPSA) is 90.7 Å². The summed E-state index contributed by atoms with van der Waals surface area (Å²) in [4.78, 5) is 15.0. The summed E-state index contributed by atoms with van der Waals surface area (Å²) in [6.07, 6.45) is 0. The fourth-order valence-corrected chi connectivity index (χ4v) is 4.86. The Hall–Kier alpha value is -3.24. The summed E-state index contributed by atoms with van der Waals surface area (Å²) in [5, 5.41) is 12.7. The van der Waals surface area contributed by atoms with Crippen molar-refractivity contribution in [2.45, 2.75) is 24.7 Å². The molecule has 1 atom stereocenters. The van der Waals surface area contributed by atoms with Crippen LogP contribution >= 0.6 is 11.8 Å². The van der Waals surface area contributed by atoms with Crippen LogP contribution in [0, 0.1) is 0 Å². The number of ether oxygens (including phenoxy) is 3. The smallest absolute Gasteiger partial charge is 0.230 e. The van der Waals surface area contributed by atoms with Gasteiger partial charge in [0.1, 0.15) is 13.2 Å². The van der Waals surface area contributed by atoms with E-state index in [1.54, 1.807) is 0 Å². The van der Waals surface area contributed by atoms with Gasteiger partial charge in [-0.25, -0.2) is 0 Å². The number of anilines is 1. The molecule has 3 aromatic rings. The van der Waals surface area contributed by atoms with Gasteiger partial charge >= 0.3 is 0 Å². The van der Waals surface area contributed by atoms with E-state index in [1.807, 2.05) is 43.3 Å². The second-order valence-corrected chi connectivity index (χ2v) is 9.38. The van der Waals surface area contributed by atoms with E-state index in [4.69, 9.17) is 14.2 Å². The van der Waals surface area contributed by atoms with E-state index in [9.17, 15) is 4.79 Å². The normalized spacial score (nSPS) is 16.1. The standard InChI is InChI=1S/C25H29N5O4S/c1-18(20-7-8-21-22(15-20)34-14-13-33-21)26-23(31)17-35-25-28-27-24(29-9-11-32-12-10-29)30(25)16-19-5-3-2-4-6-19/h2-8,15,18H,9-14,16-17H2,1H3,(H,26,31)/t18-/m0/s1. The maximum atomic E-state index is 12.8. The highest BCUT2D eigenvalue weighted by atomic mass is 32.2. The lowest BCUT2D eigenvalue weighted by molar-refractivity contribution is -0.119. The highest BCUT2D eigenvalue weighted by Gasteiger charge is 2.22. The van der Waals surface area contributed by atoms with E-state index in [0.29, 0.717) is 38.7 Å². The van der Waals surface area contributed by atoms with Crippen molar-refractivity contribution < 1.29 is 19.0 Å². The van der Waals surface area contributed by atoms with Crippen LogP contribution in [0.5, 0.6) is 11.5 Å². The Kier molecular flexibility index (Phi) is 7.39. The lowest BCUT2D eigenvalue weighted by Gasteiger charge is -2.28. The molecule has 1 amide bonds. The summed E-state index contributed by atoms with van der Waals surface area (Å²) in [6, 6.07) is 15.8. The molecule has 3 heterocycles. The minimum absolute atomic E-state index is 0.0698. The van der Waals surface area contributed by atoms with E-state index in [0.717, 1.165) is 41.1 Å². The molecule has 2 aliphatic rings. The van der Waals surface area contributed by atoms with Gasteiger partial charge < -0.3 is 24.4 Å². The number of nitrogens with one attached hydrogen (secondary N) is 1. The van der Waals surface area contributed by atoms with Gasteiger partial charge in [-0.05, 0) is 30.2 Å². The highest BCUT2D eigenvalue weighted by Crippen LogP contribution is 2.32. The maximum absolute atomic E-state index is 12.8. The Morgan fingerprint density at radius 1 is 1.03 bits per heavy atom. The zero-order valence-electron chi connectivity index (χ0n) is 19.7. The van der Waals surface area contributed by atoms with Crippen LogP contribution in [0.25, 0.3) is 0 Å². The van der Waals surface area contributed by atoms with Crippen LogP contribution in [-0.4, -0.2) is 65.9 Å². The van der Waals surface area contributed by atoms with Crippen molar-refractivity contribution >= 4 is 23.6 Å². The second kappa shape index (κ2) is 11.0. The van der Waals surface area contributed by atoms with Gasteiger partial charge in [0, 0.05) is 13.1 Å². The van der Waals surface area contributed by atoms with Crippen molar-refractivity contribution in [2.75, 3.05) is 50.2 Å². The number of aromatic nitrogens is 3. The van der Waals surface area contributed by atoms with Crippen molar-refractivity contribution in [3.05, 3.63) is 59.7 Å². The van der Waals surface area contributed by atoms with Crippen LogP contribution in [0.2, 0.25) is 0 Å². The molecule has 0 spiro atoms. The Morgan fingerprint density at radius 2 is 1.80 bits per heavy atom. The first kappa shape index (κ1) is 23.5. The number of nitrogens with zero attached hydrogens (tertiary/aromatic N) is 4. The Bertz CT molecular complexity index is 1150. The number of carbonyl (C=O) groups excluding carboxylic acids is 1. The summed E-state index contributed by atoms with van der Waals surface area (Å²) in [5.74, 6) is 2.44. The van der Waals surface area contributed by atoms with Gasteiger partial charge in [0.15, 0.2) is 16.7 Å². The molecule has 5 rings (SSSR count). The molecular formula is C25H29N5O4S. The molecule has 0 bridgehead atoms. The number of rotatable bonds is 8. The Balaban J connectivity index is 1.25. The summed E-state index contributed by atoms with van der Waals surface area (Å²) in [7, 11) is 0. The third-order valence-electron chi connectivity index (χ3n) is 5.95. The molecule has 2 aliphatic heterocycles. The van der Waals surface area contributed by atoms with Crippen LogP contribution in [0.15, 0.2) is 53.7 Å².